The van der Waals surface area contributed by atoms with Gasteiger partial charge in [0.2, 0.25) is 0 Å². The summed E-state index contributed by atoms with van der Waals surface area (Å²) >= 11 is 2.06. The summed E-state index contributed by atoms with van der Waals surface area (Å²) in [6, 6.07) is 5.05. The first kappa shape index (κ1) is 13.2. The van der Waals surface area contributed by atoms with Crippen molar-refractivity contribution >= 4 is 28.6 Å². The molecule has 1 rings (SSSR count). The molecular weight excluding hydrogens is 323 g/mol. The van der Waals surface area contributed by atoms with E-state index >= 15 is 0 Å². The van der Waals surface area contributed by atoms with Crippen molar-refractivity contribution in [2.75, 3.05) is 19.8 Å². The van der Waals surface area contributed by atoms with Gasteiger partial charge in [-0.25, -0.2) is 4.79 Å². The molecule has 0 aliphatic rings. The van der Waals surface area contributed by atoms with Crippen LogP contribution in [0.4, 0.5) is 0 Å². The fourth-order valence-electron chi connectivity index (χ4n) is 1.15. The van der Waals surface area contributed by atoms with Crippen LogP contribution in [0, 0.1) is 3.57 Å². The standard InChI is InChI=1S/C11H13IO4/c1-2-15-5-6-16-10-4-3-8(12)7-9(10)11(13)14/h3-4,7H,2,5-6H2,1H3,(H,13,14). The van der Waals surface area contributed by atoms with Crippen LogP contribution in [0.5, 0.6) is 5.75 Å². The number of rotatable bonds is 6. The fourth-order valence-corrected chi connectivity index (χ4v) is 1.64. The fraction of sp³-hybridized carbons (Fsp3) is 0.364. The highest BCUT2D eigenvalue weighted by atomic mass is 127. The van der Waals surface area contributed by atoms with Gasteiger partial charge < -0.3 is 14.6 Å². The zero-order valence-electron chi connectivity index (χ0n) is 8.90. The van der Waals surface area contributed by atoms with Gasteiger partial charge in [0.15, 0.2) is 0 Å². The number of carboxylic acids is 1. The monoisotopic (exact) mass is 336 g/mol. The lowest BCUT2D eigenvalue weighted by molar-refractivity contribution is 0.0687. The zero-order chi connectivity index (χ0) is 12.0. The predicted molar refractivity (Wildman–Crippen MR) is 68.1 cm³/mol. The summed E-state index contributed by atoms with van der Waals surface area (Å²) in [6.07, 6.45) is 0. The lowest BCUT2D eigenvalue weighted by Gasteiger charge is -2.09. The van der Waals surface area contributed by atoms with Crippen molar-refractivity contribution in [2.24, 2.45) is 0 Å². The Hall–Kier alpha value is -0.820. The van der Waals surface area contributed by atoms with Crippen LogP contribution in [0.1, 0.15) is 17.3 Å². The summed E-state index contributed by atoms with van der Waals surface area (Å²) in [5.74, 6) is -0.599. The minimum atomic E-state index is -0.982. The molecule has 0 aromatic heterocycles. The van der Waals surface area contributed by atoms with Crippen LogP contribution in [0.15, 0.2) is 18.2 Å². The van der Waals surface area contributed by atoms with Crippen LogP contribution in [0.3, 0.4) is 0 Å². The molecule has 1 aromatic carbocycles. The minimum absolute atomic E-state index is 0.184. The largest absolute Gasteiger partial charge is 0.490 e. The maximum atomic E-state index is 10.9. The van der Waals surface area contributed by atoms with Crippen LogP contribution in [-0.4, -0.2) is 30.9 Å². The van der Waals surface area contributed by atoms with Gasteiger partial charge in [-0.2, -0.15) is 0 Å². The molecule has 16 heavy (non-hydrogen) atoms. The van der Waals surface area contributed by atoms with Crippen LogP contribution in [0.25, 0.3) is 0 Å². The first-order valence-electron chi connectivity index (χ1n) is 4.88. The Morgan fingerprint density at radius 3 is 2.81 bits per heavy atom. The molecule has 5 heteroatoms. The number of hydrogen-bond acceptors (Lipinski definition) is 3. The van der Waals surface area contributed by atoms with Gasteiger partial charge in [-0.3, -0.25) is 0 Å². The number of carbonyl (C=O) groups is 1. The molecule has 4 nitrogen and oxygen atoms in total. The van der Waals surface area contributed by atoms with E-state index in [9.17, 15) is 4.79 Å². The number of halogens is 1. The first-order chi connectivity index (χ1) is 7.65. The van der Waals surface area contributed by atoms with E-state index in [1.807, 2.05) is 13.0 Å². The molecular formula is C11H13IO4. The third kappa shape index (κ3) is 3.97. The van der Waals surface area contributed by atoms with E-state index in [1.165, 1.54) is 0 Å². The Kier molecular flexibility index (Phi) is 5.54. The predicted octanol–water partition coefficient (Wildman–Crippen LogP) is 2.40. The second kappa shape index (κ2) is 6.70. The van der Waals surface area contributed by atoms with Crippen molar-refractivity contribution < 1.29 is 19.4 Å². The molecule has 1 aromatic rings. The molecule has 0 saturated carbocycles. The molecule has 0 atom stereocenters. The second-order valence-electron chi connectivity index (χ2n) is 2.99. The lowest BCUT2D eigenvalue weighted by Crippen LogP contribution is -2.09. The molecule has 0 spiro atoms. The Labute approximate surface area is 108 Å². The summed E-state index contributed by atoms with van der Waals surface area (Å²) < 4.78 is 11.3. The van der Waals surface area contributed by atoms with Gasteiger partial charge in [-0.15, -0.1) is 0 Å². The Balaban J connectivity index is 2.67. The third-order valence-corrected chi connectivity index (χ3v) is 2.53. The zero-order valence-corrected chi connectivity index (χ0v) is 11.1. The second-order valence-corrected chi connectivity index (χ2v) is 4.24. The minimum Gasteiger partial charge on any atom is -0.490 e. The van der Waals surface area contributed by atoms with E-state index in [0.717, 1.165) is 3.57 Å². The van der Waals surface area contributed by atoms with Gasteiger partial charge in [-0.1, -0.05) is 0 Å². The molecule has 0 radical (unpaired) electrons. The lowest BCUT2D eigenvalue weighted by atomic mass is 10.2. The summed E-state index contributed by atoms with van der Waals surface area (Å²) in [5.41, 5.74) is 0.184. The highest BCUT2D eigenvalue weighted by molar-refractivity contribution is 14.1. The van der Waals surface area contributed by atoms with E-state index < -0.39 is 5.97 Å². The van der Waals surface area contributed by atoms with Crippen LogP contribution >= 0.6 is 22.6 Å². The number of ether oxygens (including phenoxy) is 2. The van der Waals surface area contributed by atoms with Gasteiger partial charge >= 0.3 is 5.97 Å². The summed E-state index contributed by atoms with van der Waals surface area (Å²) in [7, 11) is 0. The summed E-state index contributed by atoms with van der Waals surface area (Å²) in [6.45, 7) is 3.34. The molecule has 0 saturated heterocycles. The van der Waals surface area contributed by atoms with Gasteiger partial charge in [0, 0.05) is 10.2 Å². The topological polar surface area (TPSA) is 55.8 Å². The molecule has 0 bridgehead atoms. The van der Waals surface area contributed by atoms with Crippen molar-refractivity contribution in [3.63, 3.8) is 0 Å². The van der Waals surface area contributed by atoms with Crippen molar-refractivity contribution in [2.45, 2.75) is 6.92 Å². The highest BCUT2D eigenvalue weighted by Gasteiger charge is 2.11. The SMILES string of the molecule is CCOCCOc1ccc(I)cc1C(=O)O. The maximum Gasteiger partial charge on any atom is 0.339 e. The Bertz CT molecular complexity index is 365. The molecule has 1 N–H and O–H groups in total. The third-order valence-electron chi connectivity index (χ3n) is 1.86. The Morgan fingerprint density at radius 2 is 2.19 bits per heavy atom. The van der Waals surface area contributed by atoms with Gasteiger partial charge in [0.1, 0.15) is 17.9 Å². The van der Waals surface area contributed by atoms with E-state index in [-0.39, 0.29) is 5.56 Å². The maximum absolute atomic E-state index is 10.9. The molecule has 0 aliphatic heterocycles. The average molecular weight is 336 g/mol. The highest BCUT2D eigenvalue weighted by Crippen LogP contribution is 2.21. The van der Waals surface area contributed by atoms with Crippen molar-refractivity contribution in [3.05, 3.63) is 27.3 Å². The van der Waals surface area contributed by atoms with E-state index in [0.29, 0.717) is 25.6 Å². The van der Waals surface area contributed by atoms with Crippen LogP contribution in [0.2, 0.25) is 0 Å². The van der Waals surface area contributed by atoms with E-state index in [4.69, 9.17) is 14.6 Å². The number of hydrogen-bond donors (Lipinski definition) is 1. The number of carboxylic acid groups (broad SMARTS) is 1. The number of benzene rings is 1. The quantitative estimate of drug-likeness (QED) is 0.640. The van der Waals surface area contributed by atoms with Crippen molar-refractivity contribution in [3.8, 4) is 5.75 Å². The molecule has 0 fully saturated rings. The normalized spacial score (nSPS) is 10.1. The molecule has 0 unspecified atom stereocenters. The summed E-state index contributed by atoms with van der Waals surface area (Å²) in [5, 5.41) is 8.98. The smallest absolute Gasteiger partial charge is 0.339 e. The van der Waals surface area contributed by atoms with Gasteiger partial charge in [0.05, 0.1) is 6.61 Å². The van der Waals surface area contributed by atoms with Crippen LogP contribution < -0.4 is 4.74 Å². The average Bonchev–Trinajstić information content (AvgIpc) is 2.26. The van der Waals surface area contributed by atoms with Gasteiger partial charge in [0.25, 0.3) is 0 Å². The van der Waals surface area contributed by atoms with Crippen LogP contribution in [-0.2, 0) is 4.74 Å². The van der Waals surface area contributed by atoms with E-state index in [1.54, 1.807) is 12.1 Å². The first-order valence-corrected chi connectivity index (χ1v) is 5.96. The van der Waals surface area contributed by atoms with E-state index in [2.05, 4.69) is 22.6 Å². The number of aromatic carboxylic acids is 1. The molecule has 0 heterocycles. The molecule has 0 amide bonds. The molecule has 88 valence electrons. The molecule has 0 aliphatic carbocycles. The Morgan fingerprint density at radius 1 is 1.44 bits per heavy atom. The summed E-state index contributed by atoms with van der Waals surface area (Å²) in [4.78, 5) is 10.9. The van der Waals surface area contributed by atoms with Crippen molar-refractivity contribution in [1.29, 1.82) is 0 Å². The van der Waals surface area contributed by atoms with Gasteiger partial charge in [-0.05, 0) is 47.7 Å². The van der Waals surface area contributed by atoms with Crippen molar-refractivity contribution in [1.82, 2.24) is 0 Å².